The van der Waals surface area contributed by atoms with Gasteiger partial charge in [0.1, 0.15) is 5.82 Å². The van der Waals surface area contributed by atoms with Crippen LogP contribution >= 0.6 is 0 Å². The maximum atomic E-state index is 13.5. The Balaban J connectivity index is 2.04. The van der Waals surface area contributed by atoms with Crippen molar-refractivity contribution in [3.8, 4) is 0 Å². The van der Waals surface area contributed by atoms with E-state index in [9.17, 15) is 17.6 Å². The third-order valence-corrected chi connectivity index (χ3v) is 4.63. The van der Waals surface area contributed by atoms with E-state index >= 15 is 0 Å². The molecule has 1 N–H and O–H groups in total. The summed E-state index contributed by atoms with van der Waals surface area (Å²) in [5.74, 6) is -1.29. The van der Waals surface area contributed by atoms with Gasteiger partial charge in [-0.05, 0) is 25.0 Å². The van der Waals surface area contributed by atoms with Crippen LogP contribution in [0, 0.1) is 11.7 Å². The topological polar surface area (TPSA) is 66.5 Å². The summed E-state index contributed by atoms with van der Waals surface area (Å²) in [6.07, 6.45) is 2.36. The van der Waals surface area contributed by atoms with Crippen LogP contribution in [0.25, 0.3) is 0 Å². The van der Waals surface area contributed by atoms with E-state index < -0.39 is 21.8 Å². The quantitative estimate of drug-likeness (QED) is 0.918. The first-order valence-corrected chi connectivity index (χ1v) is 8.23. The number of sulfonamides is 1. The molecule has 2 rings (SSSR count). The Morgan fingerprint density at radius 1 is 1.40 bits per heavy atom. The van der Waals surface area contributed by atoms with Gasteiger partial charge in [-0.25, -0.2) is 17.1 Å². The number of halogens is 1. The molecule has 0 aliphatic carbocycles. The fourth-order valence-electron chi connectivity index (χ4n) is 2.26. The van der Waals surface area contributed by atoms with Crippen molar-refractivity contribution >= 4 is 21.6 Å². The first-order chi connectivity index (χ1) is 9.38. The second-order valence-corrected chi connectivity index (χ2v) is 6.91. The standard InChI is InChI=1S/C13H17FN2O3S/c1-20(18,19)16-8-4-5-10(9-16)13(17)15-12-7-3-2-6-11(12)14/h2-3,6-7,10H,4-5,8-9H2,1H3,(H,15,17)/t10-/m1/s1. The Bertz CT molecular complexity index is 603. The molecule has 0 unspecified atom stereocenters. The summed E-state index contributed by atoms with van der Waals surface area (Å²) in [6, 6.07) is 5.91. The molecule has 1 fully saturated rings. The van der Waals surface area contributed by atoms with Gasteiger partial charge in [-0.1, -0.05) is 12.1 Å². The van der Waals surface area contributed by atoms with Crippen LogP contribution in [-0.2, 0) is 14.8 Å². The molecule has 1 aliphatic heterocycles. The van der Waals surface area contributed by atoms with Gasteiger partial charge in [0, 0.05) is 13.1 Å². The first-order valence-electron chi connectivity index (χ1n) is 6.38. The molecule has 0 radical (unpaired) electrons. The molecule has 1 atom stereocenters. The summed E-state index contributed by atoms with van der Waals surface area (Å²) in [5, 5.41) is 2.52. The average Bonchev–Trinajstić information content (AvgIpc) is 2.40. The fourth-order valence-corrected chi connectivity index (χ4v) is 3.17. The number of carbonyl (C=O) groups excluding carboxylic acids is 1. The number of nitrogens with zero attached hydrogens (tertiary/aromatic N) is 1. The number of amides is 1. The summed E-state index contributed by atoms with van der Waals surface area (Å²) in [4.78, 5) is 12.1. The molecule has 0 bridgehead atoms. The molecule has 7 heteroatoms. The highest BCUT2D eigenvalue weighted by molar-refractivity contribution is 7.88. The lowest BCUT2D eigenvalue weighted by molar-refractivity contribution is -0.120. The molecule has 1 amide bonds. The maximum absolute atomic E-state index is 13.5. The molecule has 0 saturated carbocycles. The molecule has 1 aromatic carbocycles. The monoisotopic (exact) mass is 300 g/mol. The van der Waals surface area contributed by atoms with Crippen LogP contribution in [0.15, 0.2) is 24.3 Å². The van der Waals surface area contributed by atoms with Gasteiger partial charge in [0.15, 0.2) is 0 Å². The molecular formula is C13H17FN2O3S. The van der Waals surface area contributed by atoms with Gasteiger partial charge in [0.25, 0.3) is 0 Å². The van der Waals surface area contributed by atoms with Crippen molar-refractivity contribution in [1.29, 1.82) is 0 Å². The molecule has 0 spiro atoms. The van der Waals surface area contributed by atoms with E-state index in [0.29, 0.717) is 19.4 Å². The van der Waals surface area contributed by atoms with Gasteiger partial charge in [0.05, 0.1) is 17.9 Å². The van der Waals surface area contributed by atoms with Crippen molar-refractivity contribution in [1.82, 2.24) is 4.31 Å². The minimum Gasteiger partial charge on any atom is -0.323 e. The van der Waals surface area contributed by atoms with Crippen molar-refractivity contribution in [3.05, 3.63) is 30.1 Å². The van der Waals surface area contributed by atoms with Crippen molar-refractivity contribution in [2.75, 3.05) is 24.7 Å². The van der Waals surface area contributed by atoms with Crippen LogP contribution in [0.2, 0.25) is 0 Å². The van der Waals surface area contributed by atoms with E-state index in [-0.39, 0.29) is 18.1 Å². The van der Waals surface area contributed by atoms with E-state index in [1.54, 1.807) is 6.07 Å². The number of anilines is 1. The summed E-state index contributed by atoms with van der Waals surface area (Å²) in [5.41, 5.74) is 0.119. The van der Waals surface area contributed by atoms with E-state index in [2.05, 4.69) is 5.32 Å². The van der Waals surface area contributed by atoms with Gasteiger partial charge in [0.2, 0.25) is 15.9 Å². The lowest BCUT2D eigenvalue weighted by Gasteiger charge is -2.30. The van der Waals surface area contributed by atoms with Gasteiger partial charge < -0.3 is 5.32 Å². The van der Waals surface area contributed by atoms with Crippen LogP contribution in [0.3, 0.4) is 0 Å². The summed E-state index contributed by atoms with van der Waals surface area (Å²) >= 11 is 0. The molecule has 0 aromatic heterocycles. The lowest BCUT2D eigenvalue weighted by atomic mass is 9.98. The Kier molecular flexibility index (Phi) is 4.39. The van der Waals surface area contributed by atoms with E-state index in [4.69, 9.17) is 0 Å². The first kappa shape index (κ1) is 14.9. The minimum absolute atomic E-state index is 0.119. The fraction of sp³-hybridized carbons (Fsp3) is 0.462. The molecule has 1 aromatic rings. The third-order valence-electron chi connectivity index (χ3n) is 3.36. The average molecular weight is 300 g/mol. The van der Waals surface area contributed by atoms with Gasteiger partial charge in [-0.2, -0.15) is 0 Å². The zero-order valence-electron chi connectivity index (χ0n) is 11.2. The van der Waals surface area contributed by atoms with Crippen molar-refractivity contribution in [2.24, 2.45) is 5.92 Å². The summed E-state index contributed by atoms with van der Waals surface area (Å²) in [6.45, 7) is 0.585. The smallest absolute Gasteiger partial charge is 0.228 e. The minimum atomic E-state index is -3.29. The molecule has 20 heavy (non-hydrogen) atoms. The highest BCUT2D eigenvalue weighted by Crippen LogP contribution is 2.21. The second-order valence-electron chi connectivity index (χ2n) is 4.93. The Morgan fingerprint density at radius 3 is 2.75 bits per heavy atom. The Hall–Kier alpha value is -1.47. The Labute approximate surface area is 117 Å². The van der Waals surface area contributed by atoms with E-state index in [1.165, 1.54) is 22.5 Å². The zero-order valence-corrected chi connectivity index (χ0v) is 12.0. The van der Waals surface area contributed by atoms with Crippen molar-refractivity contribution in [2.45, 2.75) is 12.8 Å². The van der Waals surface area contributed by atoms with Gasteiger partial charge in [-0.3, -0.25) is 4.79 Å². The largest absolute Gasteiger partial charge is 0.323 e. The Morgan fingerprint density at radius 2 is 2.10 bits per heavy atom. The number of hydrogen-bond acceptors (Lipinski definition) is 3. The molecule has 5 nitrogen and oxygen atoms in total. The number of piperidine rings is 1. The van der Waals surface area contributed by atoms with E-state index in [0.717, 1.165) is 6.26 Å². The van der Waals surface area contributed by atoms with Crippen LogP contribution in [0.4, 0.5) is 10.1 Å². The zero-order chi connectivity index (χ0) is 14.8. The number of benzene rings is 1. The predicted octanol–water partition coefficient (Wildman–Crippen LogP) is 1.44. The summed E-state index contributed by atoms with van der Waals surface area (Å²) in [7, 11) is -3.29. The van der Waals surface area contributed by atoms with Crippen molar-refractivity contribution in [3.63, 3.8) is 0 Å². The molecule has 110 valence electrons. The molecule has 1 aliphatic rings. The third kappa shape index (κ3) is 3.55. The molecule has 1 heterocycles. The second kappa shape index (κ2) is 5.88. The lowest BCUT2D eigenvalue weighted by Crippen LogP contribution is -2.43. The highest BCUT2D eigenvalue weighted by Gasteiger charge is 2.30. The molecular weight excluding hydrogens is 283 g/mol. The van der Waals surface area contributed by atoms with Crippen LogP contribution in [0.1, 0.15) is 12.8 Å². The SMILES string of the molecule is CS(=O)(=O)N1CCC[C@@H](C(=O)Nc2ccccc2F)C1. The number of nitrogens with one attached hydrogen (secondary N) is 1. The van der Waals surface area contributed by atoms with Crippen LogP contribution < -0.4 is 5.32 Å². The number of hydrogen-bond donors (Lipinski definition) is 1. The predicted molar refractivity (Wildman–Crippen MR) is 74.2 cm³/mol. The van der Waals surface area contributed by atoms with Gasteiger partial charge >= 0.3 is 0 Å². The number of para-hydroxylation sites is 1. The van der Waals surface area contributed by atoms with Gasteiger partial charge in [-0.15, -0.1) is 0 Å². The normalized spacial score (nSPS) is 20.6. The van der Waals surface area contributed by atoms with E-state index in [1.807, 2.05) is 0 Å². The maximum Gasteiger partial charge on any atom is 0.228 e. The van der Waals surface area contributed by atoms with Crippen LogP contribution in [-0.4, -0.2) is 38.0 Å². The van der Waals surface area contributed by atoms with Crippen LogP contribution in [0.5, 0.6) is 0 Å². The van der Waals surface area contributed by atoms with Crippen molar-refractivity contribution < 1.29 is 17.6 Å². The highest BCUT2D eigenvalue weighted by atomic mass is 32.2. The number of carbonyl (C=O) groups is 1. The number of rotatable bonds is 3. The molecule has 1 saturated heterocycles. The summed E-state index contributed by atoms with van der Waals surface area (Å²) < 4.78 is 37.8.